The molecule has 1 saturated heterocycles. The van der Waals surface area contributed by atoms with Crippen LogP contribution in [-0.2, 0) is 19.9 Å². The molecule has 1 aliphatic rings. The molecule has 2 heterocycles. The Hall–Kier alpha value is -4.40. The monoisotopic (exact) mass is 462 g/mol. The van der Waals surface area contributed by atoms with Crippen LogP contribution < -0.4 is 15.4 Å². The van der Waals surface area contributed by atoms with Gasteiger partial charge >= 0.3 is 6.03 Å². The van der Waals surface area contributed by atoms with Crippen LogP contribution in [0.4, 0.5) is 4.79 Å². The van der Waals surface area contributed by atoms with Gasteiger partial charge in [0.25, 0.3) is 5.91 Å². The Morgan fingerprint density at radius 3 is 2.35 bits per heavy atom. The van der Waals surface area contributed by atoms with Crippen molar-refractivity contribution in [3.8, 4) is 11.5 Å². The molecule has 1 aromatic carbocycles. The Balaban J connectivity index is 1.80. The minimum Gasteiger partial charge on any atom is -0.497 e. The van der Waals surface area contributed by atoms with Crippen LogP contribution in [0.25, 0.3) is 0 Å². The van der Waals surface area contributed by atoms with Crippen LogP contribution in [0.2, 0.25) is 0 Å². The highest BCUT2D eigenvalue weighted by molar-refractivity contribution is 6.07. The third kappa shape index (κ3) is 5.69. The van der Waals surface area contributed by atoms with Crippen molar-refractivity contribution in [1.29, 1.82) is 0 Å². The Morgan fingerprint density at radius 2 is 1.79 bits per heavy atom. The highest BCUT2D eigenvalue weighted by Crippen LogP contribution is 2.29. The number of pyridine rings is 1. The van der Waals surface area contributed by atoms with Crippen LogP contribution in [0.3, 0.4) is 0 Å². The van der Waals surface area contributed by atoms with Gasteiger partial charge in [0.2, 0.25) is 6.41 Å². The molecule has 0 aliphatic carbocycles. The van der Waals surface area contributed by atoms with E-state index in [-0.39, 0.29) is 13.1 Å². The number of benzene rings is 1. The van der Waals surface area contributed by atoms with Crippen molar-refractivity contribution in [3.05, 3.63) is 90.5 Å². The number of aromatic nitrogens is 1. The predicted molar refractivity (Wildman–Crippen MR) is 126 cm³/mol. The fourth-order valence-corrected chi connectivity index (χ4v) is 3.48. The lowest BCUT2D eigenvalue weighted by molar-refractivity contribution is -0.126. The fourth-order valence-electron chi connectivity index (χ4n) is 3.48. The second kappa shape index (κ2) is 11.0. The number of rotatable bonds is 11. The van der Waals surface area contributed by atoms with Crippen molar-refractivity contribution in [3.63, 3.8) is 0 Å². The van der Waals surface area contributed by atoms with E-state index in [2.05, 4.69) is 22.2 Å². The topological polar surface area (TPSA) is 110 Å². The van der Waals surface area contributed by atoms with Crippen molar-refractivity contribution in [2.24, 2.45) is 0 Å². The maximum Gasteiger partial charge on any atom is 0.322 e. The van der Waals surface area contributed by atoms with Crippen molar-refractivity contribution < 1.29 is 23.9 Å². The normalized spacial score (nSPS) is 17.8. The van der Waals surface area contributed by atoms with E-state index in [1.54, 1.807) is 74.1 Å². The molecule has 1 fully saturated rings. The van der Waals surface area contributed by atoms with E-state index in [4.69, 9.17) is 9.47 Å². The number of nitrogens with zero attached hydrogens (tertiary/aromatic N) is 2. The van der Waals surface area contributed by atoms with E-state index in [0.717, 1.165) is 0 Å². The Bertz CT molecular complexity index is 1110. The number of methoxy groups -OCH3 is 1. The second-order valence-electron chi connectivity index (χ2n) is 7.52. The molecule has 1 atom stereocenters. The summed E-state index contributed by atoms with van der Waals surface area (Å²) in [5.41, 5.74) is -0.343. The van der Waals surface area contributed by atoms with Crippen molar-refractivity contribution in [2.75, 3.05) is 20.2 Å². The average molecular weight is 463 g/mol. The van der Waals surface area contributed by atoms with E-state index < -0.39 is 17.5 Å². The minimum absolute atomic E-state index is 0.0910. The minimum atomic E-state index is -1.46. The van der Waals surface area contributed by atoms with Gasteiger partial charge in [-0.2, -0.15) is 0 Å². The van der Waals surface area contributed by atoms with E-state index >= 15 is 0 Å². The number of amides is 4. The number of carbonyl (C=O) groups excluding carboxylic acids is 3. The molecule has 0 saturated carbocycles. The summed E-state index contributed by atoms with van der Waals surface area (Å²) in [5, 5.41) is 4.95. The standard InChI is InChI=1S/C25H26N4O5/c1-4-20(33-3)8-5-18(2)15-29(17-30)16-25(23(31)27-24(32)28-25)19-6-9-21(10-7-19)34-22-11-13-26-14-12-22/h4-14,17H,2,15-16H2,1,3H3,(H2,27,28,31,32)/b8-5-,20-4+. The van der Waals surface area contributed by atoms with Gasteiger partial charge in [0.05, 0.1) is 13.7 Å². The first-order valence-electron chi connectivity index (χ1n) is 10.5. The maximum absolute atomic E-state index is 12.9. The molecule has 0 radical (unpaired) electrons. The number of nitrogens with one attached hydrogen (secondary N) is 2. The maximum atomic E-state index is 12.9. The average Bonchev–Trinajstić information content (AvgIpc) is 3.13. The quantitative estimate of drug-likeness (QED) is 0.230. The molecule has 0 spiro atoms. The van der Waals surface area contributed by atoms with E-state index in [0.29, 0.717) is 34.8 Å². The SMILES string of the molecule is C=C(/C=C\C(=C/C)OC)CN(C=O)CC1(c2ccc(Oc3ccncc3)cc2)NC(=O)NC1=O. The molecular weight excluding hydrogens is 436 g/mol. The van der Waals surface area contributed by atoms with Gasteiger partial charge in [-0.1, -0.05) is 24.8 Å². The molecule has 176 valence electrons. The summed E-state index contributed by atoms with van der Waals surface area (Å²) >= 11 is 0. The first-order valence-corrected chi connectivity index (χ1v) is 10.5. The lowest BCUT2D eigenvalue weighted by Crippen LogP contribution is -2.52. The van der Waals surface area contributed by atoms with Gasteiger partial charge in [-0.25, -0.2) is 4.79 Å². The first kappa shape index (κ1) is 24.2. The van der Waals surface area contributed by atoms with Crippen molar-refractivity contribution in [2.45, 2.75) is 12.5 Å². The lowest BCUT2D eigenvalue weighted by Gasteiger charge is -2.31. The lowest BCUT2D eigenvalue weighted by atomic mass is 9.89. The number of hydrogen-bond acceptors (Lipinski definition) is 6. The van der Waals surface area contributed by atoms with Gasteiger partial charge in [0.15, 0.2) is 5.54 Å². The number of carbonyl (C=O) groups is 3. The molecule has 9 heteroatoms. The number of ether oxygens (including phenoxy) is 2. The summed E-state index contributed by atoms with van der Waals surface area (Å²) in [6.45, 7) is 5.85. The predicted octanol–water partition coefficient (Wildman–Crippen LogP) is 3.03. The molecule has 2 N–H and O–H groups in total. The summed E-state index contributed by atoms with van der Waals surface area (Å²) in [6, 6.07) is 9.53. The molecule has 0 bridgehead atoms. The zero-order valence-electron chi connectivity index (χ0n) is 19.0. The summed E-state index contributed by atoms with van der Waals surface area (Å²) in [7, 11) is 1.55. The Kier molecular flexibility index (Phi) is 7.81. The molecular formula is C25H26N4O5. The van der Waals surface area contributed by atoms with Gasteiger partial charge < -0.3 is 19.7 Å². The molecule has 3 rings (SSSR count). The largest absolute Gasteiger partial charge is 0.497 e. The van der Waals surface area contributed by atoms with Crippen LogP contribution >= 0.6 is 0 Å². The number of allylic oxidation sites excluding steroid dienone is 2. The van der Waals surface area contributed by atoms with E-state index in [9.17, 15) is 14.4 Å². The molecule has 1 unspecified atom stereocenters. The molecule has 1 aromatic heterocycles. The van der Waals surface area contributed by atoms with Crippen LogP contribution in [0.15, 0.2) is 84.9 Å². The van der Waals surface area contributed by atoms with E-state index in [1.165, 1.54) is 4.90 Å². The second-order valence-corrected chi connectivity index (χ2v) is 7.52. The third-order valence-electron chi connectivity index (χ3n) is 5.17. The van der Waals surface area contributed by atoms with Crippen molar-refractivity contribution in [1.82, 2.24) is 20.5 Å². The van der Waals surface area contributed by atoms with Crippen molar-refractivity contribution >= 4 is 18.3 Å². The fraction of sp³-hybridized carbons (Fsp3) is 0.200. The molecule has 1 aliphatic heterocycles. The zero-order chi connectivity index (χ0) is 24.6. The highest BCUT2D eigenvalue weighted by atomic mass is 16.5. The van der Waals surface area contributed by atoms with Crippen LogP contribution in [0, 0.1) is 0 Å². The summed E-state index contributed by atoms with van der Waals surface area (Å²) in [5.74, 6) is 1.24. The summed E-state index contributed by atoms with van der Waals surface area (Å²) in [4.78, 5) is 42.1. The Labute approximate surface area is 197 Å². The van der Waals surface area contributed by atoms with Gasteiger partial charge in [-0.3, -0.25) is 19.9 Å². The van der Waals surface area contributed by atoms with Gasteiger partial charge in [0.1, 0.15) is 17.3 Å². The van der Waals surface area contributed by atoms with Crippen LogP contribution in [-0.4, -0.2) is 48.4 Å². The molecule has 34 heavy (non-hydrogen) atoms. The van der Waals surface area contributed by atoms with Crippen LogP contribution in [0.1, 0.15) is 12.5 Å². The third-order valence-corrected chi connectivity index (χ3v) is 5.17. The number of imide groups is 1. The van der Waals surface area contributed by atoms with E-state index in [1.807, 2.05) is 6.92 Å². The summed E-state index contributed by atoms with van der Waals surface area (Å²) in [6.07, 6.45) is 9.09. The highest BCUT2D eigenvalue weighted by Gasteiger charge is 2.48. The summed E-state index contributed by atoms with van der Waals surface area (Å²) < 4.78 is 10.9. The number of hydrogen-bond donors (Lipinski definition) is 2. The van der Waals surface area contributed by atoms with Gasteiger partial charge in [-0.05, 0) is 54.5 Å². The smallest absolute Gasteiger partial charge is 0.322 e. The molecule has 4 amide bonds. The molecule has 2 aromatic rings. The first-order chi connectivity index (χ1) is 16.4. The molecule has 9 nitrogen and oxygen atoms in total. The number of urea groups is 1. The van der Waals surface area contributed by atoms with Gasteiger partial charge in [0, 0.05) is 18.9 Å². The Morgan fingerprint density at radius 1 is 1.12 bits per heavy atom. The van der Waals surface area contributed by atoms with Crippen LogP contribution in [0.5, 0.6) is 11.5 Å². The van der Waals surface area contributed by atoms with Gasteiger partial charge in [-0.15, -0.1) is 0 Å². The zero-order valence-corrected chi connectivity index (χ0v) is 19.0.